The molecule has 4 rings (SSSR count). The average molecular weight is 428 g/mol. The van der Waals surface area contributed by atoms with E-state index < -0.39 is 0 Å². The molecule has 3 heterocycles. The number of nitrogens with one attached hydrogen (secondary N) is 1. The quantitative estimate of drug-likeness (QED) is 0.646. The number of likely N-dealkylation sites (N-methyl/N-ethyl adjacent to an activating group) is 1. The lowest BCUT2D eigenvalue weighted by Crippen LogP contribution is -2.66. The van der Waals surface area contributed by atoms with Gasteiger partial charge < -0.3 is 9.80 Å². The van der Waals surface area contributed by atoms with E-state index in [1.54, 1.807) is 4.90 Å². The lowest BCUT2D eigenvalue weighted by atomic mass is 10.1. The summed E-state index contributed by atoms with van der Waals surface area (Å²) in [6, 6.07) is 8.21. The number of hydrogen-bond acceptors (Lipinski definition) is 5. The van der Waals surface area contributed by atoms with Crippen molar-refractivity contribution in [1.29, 1.82) is 0 Å². The van der Waals surface area contributed by atoms with Crippen LogP contribution in [0.3, 0.4) is 0 Å². The summed E-state index contributed by atoms with van der Waals surface area (Å²) in [5, 5.41) is 3.60. The molecule has 7 heteroatoms. The fourth-order valence-electron chi connectivity index (χ4n) is 5.19. The van der Waals surface area contributed by atoms with Gasteiger partial charge in [-0.3, -0.25) is 19.9 Å². The number of urea groups is 1. The van der Waals surface area contributed by atoms with E-state index in [1.165, 1.54) is 23.3 Å². The monoisotopic (exact) mass is 427 g/mol. The molecule has 3 fully saturated rings. The Morgan fingerprint density at radius 1 is 1.00 bits per heavy atom. The second kappa shape index (κ2) is 9.57. The van der Waals surface area contributed by atoms with Crippen LogP contribution in [0.25, 0.3) is 0 Å². The minimum absolute atomic E-state index is 0.0400. The van der Waals surface area contributed by atoms with E-state index in [2.05, 4.69) is 53.2 Å². The van der Waals surface area contributed by atoms with Crippen molar-refractivity contribution < 1.29 is 9.59 Å². The first-order valence-corrected chi connectivity index (χ1v) is 12.0. The number of benzene rings is 1. The third-order valence-corrected chi connectivity index (χ3v) is 7.03. The summed E-state index contributed by atoms with van der Waals surface area (Å²) >= 11 is 0. The fraction of sp³-hybridized carbons (Fsp3) is 0.667. The molecule has 0 saturated carbocycles. The molecule has 3 saturated heterocycles. The van der Waals surface area contributed by atoms with Gasteiger partial charge in [0.1, 0.15) is 18.5 Å². The maximum atomic E-state index is 13.4. The van der Waals surface area contributed by atoms with Crippen molar-refractivity contribution in [2.24, 2.45) is 0 Å². The van der Waals surface area contributed by atoms with Crippen LogP contribution in [0.1, 0.15) is 57.9 Å². The van der Waals surface area contributed by atoms with Gasteiger partial charge in [-0.1, -0.05) is 51.7 Å². The summed E-state index contributed by atoms with van der Waals surface area (Å²) in [5.41, 5.74) is 2.48. The summed E-state index contributed by atoms with van der Waals surface area (Å²) < 4.78 is 0. The van der Waals surface area contributed by atoms with Gasteiger partial charge in [-0.2, -0.15) is 0 Å². The zero-order valence-corrected chi connectivity index (χ0v) is 19.2. The van der Waals surface area contributed by atoms with Gasteiger partial charge in [0.2, 0.25) is 0 Å². The van der Waals surface area contributed by atoms with E-state index in [1.807, 2.05) is 7.05 Å². The molecule has 0 aromatic heterocycles. The molecule has 1 aromatic carbocycles. The van der Waals surface area contributed by atoms with E-state index in [-0.39, 0.29) is 30.4 Å². The highest BCUT2D eigenvalue weighted by Crippen LogP contribution is 2.33. The Hall–Kier alpha value is -2.12. The third kappa shape index (κ3) is 4.17. The van der Waals surface area contributed by atoms with E-state index in [0.717, 1.165) is 50.9 Å². The number of rotatable bonds is 8. The lowest BCUT2D eigenvalue weighted by Gasteiger charge is -2.44. The number of amides is 3. The predicted molar refractivity (Wildman–Crippen MR) is 123 cm³/mol. The van der Waals surface area contributed by atoms with Crippen molar-refractivity contribution in [3.8, 4) is 0 Å². The Balaban J connectivity index is 1.50. The smallest absolute Gasteiger partial charge is 0.327 e. The van der Waals surface area contributed by atoms with Crippen LogP contribution in [0, 0.1) is 0 Å². The van der Waals surface area contributed by atoms with Crippen molar-refractivity contribution >= 4 is 17.6 Å². The molecule has 170 valence electrons. The third-order valence-electron chi connectivity index (χ3n) is 7.03. The van der Waals surface area contributed by atoms with Gasteiger partial charge >= 0.3 is 6.03 Å². The highest BCUT2D eigenvalue weighted by Gasteiger charge is 2.55. The number of carbonyl (C=O) groups excluding carboxylic acids is 2. The molecule has 0 spiro atoms. The Kier molecular flexibility index (Phi) is 6.82. The van der Waals surface area contributed by atoms with Crippen LogP contribution in [0.5, 0.6) is 0 Å². The molecule has 0 aliphatic carbocycles. The Morgan fingerprint density at radius 3 is 2.45 bits per heavy atom. The van der Waals surface area contributed by atoms with Gasteiger partial charge in [-0.05, 0) is 37.0 Å². The number of hydrogen-bond donors (Lipinski definition) is 1. The molecule has 0 radical (unpaired) electrons. The van der Waals surface area contributed by atoms with Crippen LogP contribution < -0.4 is 10.2 Å². The van der Waals surface area contributed by atoms with Crippen molar-refractivity contribution in [1.82, 2.24) is 20.0 Å². The molecular weight excluding hydrogens is 390 g/mol. The van der Waals surface area contributed by atoms with Crippen LogP contribution in [-0.4, -0.2) is 71.8 Å². The van der Waals surface area contributed by atoms with Crippen LogP contribution in [0.4, 0.5) is 10.5 Å². The first-order chi connectivity index (χ1) is 15.1. The Labute approximate surface area is 186 Å². The number of aryl methyl sites for hydroxylation is 1. The molecule has 3 aliphatic heterocycles. The largest absolute Gasteiger partial charge is 0.343 e. The van der Waals surface area contributed by atoms with Crippen molar-refractivity contribution in [2.75, 3.05) is 31.6 Å². The van der Waals surface area contributed by atoms with E-state index in [4.69, 9.17) is 0 Å². The first-order valence-electron chi connectivity index (χ1n) is 12.0. The molecule has 0 bridgehead atoms. The van der Waals surface area contributed by atoms with Gasteiger partial charge in [-0.25, -0.2) is 4.79 Å². The topological polar surface area (TPSA) is 59.1 Å². The summed E-state index contributed by atoms with van der Waals surface area (Å²) in [7, 11) is 1.82. The normalized spacial score (nSPS) is 26.4. The van der Waals surface area contributed by atoms with Crippen molar-refractivity contribution in [2.45, 2.75) is 77.3 Å². The molecule has 3 atom stereocenters. The second-order valence-corrected chi connectivity index (χ2v) is 9.03. The summed E-state index contributed by atoms with van der Waals surface area (Å²) in [6.45, 7) is 6.67. The van der Waals surface area contributed by atoms with E-state index in [9.17, 15) is 9.59 Å². The van der Waals surface area contributed by atoms with E-state index in [0.29, 0.717) is 6.54 Å². The molecule has 31 heavy (non-hydrogen) atoms. The number of carbonyl (C=O) groups is 2. The zero-order chi connectivity index (χ0) is 22.0. The van der Waals surface area contributed by atoms with Gasteiger partial charge in [0.15, 0.2) is 0 Å². The van der Waals surface area contributed by atoms with Crippen LogP contribution >= 0.6 is 0 Å². The fourth-order valence-corrected chi connectivity index (χ4v) is 5.19. The first kappa shape index (κ1) is 22.1. The number of imide groups is 1. The zero-order valence-electron chi connectivity index (χ0n) is 19.2. The molecular formula is C24H37N5O2. The van der Waals surface area contributed by atoms with Crippen LogP contribution in [0.15, 0.2) is 24.3 Å². The maximum absolute atomic E-state index is 13.4. The molecule has 3 amide bonds. The summed E-state index contributed by atoms with van der Waals surface area (Å²) in [5.74, 6) is -0.0400. The molecule has 3 aliphatic rings. The Morgan fingerprint density at radius 2 is 1.74 bits per heavy atom. The van der Waals surface area contributed by atoms with Crippen molar-refractivity contribution in [3.63, 3.8) is 0 Å². The van der Waals surface area contributed by atoms with Crippen LogP contribution in [-0.2, 0) is 11.2 Å². The molecule has 7 nitrogen and oxygen atoms in total. The standard InChI is InChI=1S/C24H37N5O2/c1-4-6-7-8-9-15-29-22(30)20-21(26(3)24(29)31)25-23-27(16-10-17-28(20)23)19-13-11-18(5-2)12-14-19/h11-14,20-21,23,25H,4-10,15-17H2,1-3H3. The summed E-state index contributed by atoms with van der Waals surface area (Å²) in [4.78, 5) is 34.2. The number of nitrogens with zero attached hydrogens (tertiary/aromatic N) is 4. The highest BCUT2D eigenvalue weighted by molar-refractivity contribution is 6.00. The molecule has 1 aromatic rings. The van der Waals surface area contributed by atoms with Gasteiger partial charge in [0.25, 0.3) is 5.91 Å². The minimum atomic E-state index is -0.318. The van der Waals surface area contributed by atoms with Gasteiger partial charge in [0, 0.05) is 32.4 Å². The summed E-state index contributed by atoms with van der Waals surface area (Å²) in [6.07, 6.45) is 7.18. The van der Waals surface area contributed by atoms with Crippen LogP contribution in [0.2, 0.25) is 0 Å². The van der Waals surface area contributed by atoms with Crippen molar-refractivity contribution in [3.05, 3.63) is 29.8 Å². The van der Waals surface area contributed by atoms with Gasteiger partial charge in [-0.15, -0.1) is 0 Å². The Bertz CT molecular complexity index is 783. The molecule has 1 N–H and O–H groups in total. The number of unbranched alkanes of at least 4 members (excludes halogenated alkanes) is 4. The van der Waals surface area contributed by atoms with E-state index >= 15 is 0 Å². The maximum Gasteiger partial charge on any atom is 0.327 e. The second-order valence-electron chi connectivity index (χ2n) is 9.03. The number of fused-ring (bicyclic) bond motifs is 3. The predicted octanol–water partition coefficient (Wildman–Crippen LogP) is 3.21. The average Bonchev–Trinajstić information content (AvgIpc) is 3.19. The molecule has 3 unspecified atom stereocenters. The number of anilines is 1. The lowest BCUT2D eigenvalue weighted by molar-refractivity contribution is -0.138. The highest BCUT2D eigenvalue weighted by atomic mass is 16.2. The minimum Gasteiger partial charge on any atom is -0.343 e. The van der Waals surface area contributed by atoms with Gasteiger partial charge in [0.05, 0.1) is 0 Å². The SMILES string of the molecule is CCCCCCCN1C(=O)C2C(NC3N(c4ccc(CC)cc4)CCCN23)N(C)C1=O.